The molecule has 0 saturated heterocycles. The van der Waals surface area contributed by atoms with Gasteiger partial charge >= 0.3 is 0 Å². The van der Waals surface area contributed by atoms with Crippen LogP contribution in [0.5, 0.6) is 0 Å². The van der Waals surface area contributed by atoms with Crippen molar-refractivity contribution in [3.8, 4) is 0 Å². The van der Waals surface area contributed by atoms with E-state index in [-0.39, 0.29) is 6.29 Å². The Morgan fingerprint density at radius 2 is 2.36 bits per heavy atom. The van der Waals surface area contributed by atoms with Crippen LogP contribution >= 0.6 is 0 Å². The highest BCUT2D eigenvalue weighted by molar-refractivity contribution is 5.36. The summed E-state index contributed by atoms with van der Waals surface area (Å²) in [6, 6.07) is 1.91. The first kappa shape index (κ1) is 11.0. The molecule has 0 bridgehead atoms. The molecule has 0 spiro atoms. The van der Waals surface area contributed by atoms with Gasteiger partial charge in [0.25, 0.3) is 0 Å². The van der Waals surface area contributed by atoms with E-state index in [2.05, 4.69) is 10.4 Å². The van der Waals surface area contributed by atoms with Crippen LogP contribution in [-0.2, 0) is 16.5 Å². The Morgan fingerprint density at radius 1 is 1.64 bits per heavy atom. The second kappa shape index (κ2) is 4.97. The van der Waals surface area contributed by atoms with Gasteiger partial charge in [0.2, 0.25) is 6.29 Å². The van der Waals surface area contributed by atoms with Gasteiger partial charge < -0.3 is 14.8 Å². The van der Waals surface area contributed by atoms with Crippen molar-refractivity contribution < 1.29 is 9.47 Å². The SMILES string of the molecule is CCOC(OC)c1cc(NC)n(C)n1. The second-order valence-corrected chi connectivity index (χ2v) is 2.85. The molecule has 0 fully saturated rings. The Morgan fingerprint density at radius 3 is 2.79 bits per heavy atom. The fraction of sp³-hybridized carbons (Fsp3) is 0.667. The molecular weight excluding hydrogens is 182 g/mol. The standard InChI is InChI=1S/C9H17N3O2/c1-5-14-9(13-4)7-6-8(10-2)12(3)11-7/h6,9-10H,5H2,1-4H3. The van der Waals surface area contributed by atoms with Gasteiger partial charge in [0.1, 0.15) is 11.5 Å². The number of hydrogen-bond donors (Lipinski definition) is 1. The summed E-state index contributed by atoms with van der Waals surface area (Å²) in [6.07, 6.45) is -0.381. The van der Waals surface area contributed by atoms with Crippen molar-refractivity contribution in [2.24, 2.45) is 7.05 Å². The molecule has 80 valence electrons. The summed E-state index contributed by atoms with van der Waals surface area (Å²) in [5, 5.41) is 7.30. The first-order valence-electron chi connectivity index (χ1n) is 4.59. The van der Waals surface area contributed by atoms with Crippen molar-refractivity contribution in [3.63, 3.8) is 0 Å². The quantitative estimate of drug-likeness (QED) is 0.722. The number of hydrogen-bond acceptors (Lipinski definition) is 4. The van der Waals surface area contributed by atoms with Crippen LogP contribution in [0.2, 0.25) is 0 Å². The van der Waals surface area contributed by atoms with E-state index in [9.17, 15) is 0 Å². The zero-order chi connectivity index (χ0) is 10.6. The Labute approximate surface area is 84.0 Å². The molecule has 14 heavy (non-hydrogen) atoms. The summed E-state index contributed by atoms with van der Waals surface area (Å²) in [6.45, 7) is 2.53. The fourth-order valence-corrected chi connectivity index (χ4v) is 1.26. The third-order valence-corrected chi connectivity index (χ3v) is 1.93. The molecule has 0 aromatic carbocycles. The van der Waals surface area contributed by atoms with Crippen LogP contribution in [0, 0.1) is 0 Å². The van der Waals surface area contributed by atoms with Crippen molar-refractivity contribution in [3.05, 3.63) is 11.8 Å². The summed E-state index contributed by atoms with van der Waals surface area (Å²) in [5.74, 6) is 0.932. The van der Waals surface area contributed by atoms with Gasteiger partial charge in [-0.1, -0.05) is 0 Å². The predicted octanol–water partition coefficient (Wildman–Crippen LogP) is 1.14. The molecule has 1 aromatic heterocycles. The molecule has 0 amide bonds. The molecule has 0 aliphatic carbocycles. The topological polar surface area (TPSA) is 48.3 Å². The average Bonchev–Trinajstić information content (AvgIpc) is 2.56. The van der Waals surface area contributed by atoms with Gasteiger partial charge in [-0.15, -0.1) is 0 Å². The minimum atomic E-state index is -0.381. The van der Waals surface area contributed by atoms with E-state index in [4.69, 9.17) is 9.47 Å². The molecule has 0 aliphatic heterocycles. The van der Waals surface area contributed by atoms with E-state index in [1.54, 1.807) is 11.8 Å². The number of aryl methyl sites for hydroxylation is 1. The monoisotopic (exact) mass is 199 g/mol. The summed E-state index contributed by atoms with van der Waals surface area (Å²) in [5.41, 5.74) is 0.779. The van der Waals surface area contributed by atoms with Crippen LogP contribution in [0.4, 0.5) is 5.82 Å². The number of nitrogens with zero attached hydrogens (tertiary/aromatic N) is 2. The molecule has 1 heterocycles. The maximum Gasteiger partial charge on any atom is 0.202 e. The Hall–Kier alpha value is -1.07. The molecule has 1 atom stereocenters. The molecule has 0 aliphatic rings. The summed E-state index contributed by atoms with van der Waals surface area (Å²) in [4.78, 5) is 0. The number of aromatic nitrogens is 2. The Bertz CT molecular complexity index is 286. The third-order valence-electron chi connectivity index (χ3n) is 1.93. The number of nitrogens with one attached hydrogen (secondary N) is 1. The van der Waals surface area contributed by atoms with Gasteiger partial charge in [-0.2, -0.15) is 5.10 Å². The van der Waals surface area contributed by atoms with E-state index >= 15 is 0 Å². The number of methoxy groups -OCH3 is 1. The number of anilines is 1. The molecule has 0 radical (unpaired) electrons. The molecule has 1 aromatic rings. The zero-order valence-corrected chi connectivity index (χ0v) is 9.07. The van der Waals surface area contributed by atoms with E-state index in [1.165, 1.54) is 0 Å². The van der Waals surface area contributed by atoms with Gasteiger partial charge in [0.05, 0.1) is 0 Å². The molecular formula is C9H17N3O2. The Kier molecular flexibility index (Phi) is 3.91. The van der Waals surface area contributed by atoms with Crippen LogP contribution in [0.25, 0.3) is 0 Å². The van der Waals surface area contributed by atoms with Crippen LogP contribution in [0.3, 0.4) is 0 Å². The van der Waals surface area contributed by atoms with E-state index in [0.717, 1.165) is 11.5 Å². The fourth-order valence-electron chi connectivity index (χ4n) is 1.26. The van der Waals surface area contributed by atoms with Crippen molar-refractivity contribution in [1.82, 2.24) is 9.78 Å². The molecule has 1 rings (SSSR count). The minimum Gasteiger partial charge on any atom is -0.373 e. The van der Waals surface area contributed by atoms with Crippen LogP contribution in [0.15, 0.2) is 6.07 Å². The second-order valence-electron chi connectivity index (χ2n) is 2.85. The summed E-state index contributed by atoms with van der Waals surface area (Å²) >= 11 is 0. The lowest BCUT2D eigenvalue weighted by Gasteiger charge is -2.11. The smallest absolute Gasteiger partial charge is 0.202 e. The largest absolute Gasteiger partial charge is 0.373 e. The first-order valence-corrected chi connectivity index (χ1v) is 4.59. The molecule has 5 heteroatoms. The average molecular weight is 199 g/mol. The van der Waals surface area contributed by atoms with Gasteiger partial charge in [0.15, 0.2) is 0 Å². The lowest BCUT2D eigenvalue weighted by Crippen LogP contribution is -2.07. The van der Waals surface area contributed by atoms with Crippen LogP contribution in [-0.4, -0.2) is 30.5 Å². The first-order chi connectivity index (χ1) is 6.72. The van der Waals surface area contributed by atoms with Crippen LogP contribution in [0.1, 0.15) is 18.9 Å². The number of rotatable bonds is 5. The number of ether oxygens (including phenoxy) is 2. The van der Waals surface area contributed by atoms with Gasteiger partial charge in [0, 0.05) is 33.9 Å². The minimum absolute atomic E-state index is 0.381. The lowest BCUT2D eigenvalue weighted by atomic mass is 10.4. The highest BCUT2D eigenvalue weighted by Crippen LogP contribution is 2.19. The van der Waals surface area contributed by atoms with Crippen molar-refractivity contribution in [1.29, 1.82) is 0 Å². The maximum absolute atomic E-state index is 5.36. The third kappa shape index (κ3) is 2.24. The Balaban J connectivity index is 2.82. The normalized spacial score (nSPS) is 12.9. The van der Waals surface area contributed by atoms with E-state index < -0.39 is 0 Å². The van der Waals surface area contributed by atoms with Crippen molar-refractivity contribution in [2.45, 2.75) is 13.2 Å². The van der Waals surface area contributed by atoms with Gasteiger partial charge in [-0.3, -0.25) is 4.68 Å². The van der Waals surface area contributed by atoms with E-state index in [1.807, 2.05) is 27.1 Å². The summed E-state index contributed by atoms with van der Waals surface area (Å²) < 4.78 is 12.3. The maximum atomic E-state index is 5.36. The lowest BCUT2D eigenvalue weighted by molar-refractivity contribution is -0.126. The highest BCUT2D eigenvalue weighted by atomic mass is 16.7. The van der Waals surface area contributed by atoms with Crippen molar-refractivity contribution in [2.75, 3.05) is 26.1 Å². The van der Waals surface area contributed by atoms with Gasteiger partial charge in [-0.05, 0) is 6.92 Å². The van der Waals surface area contributed by atoms with E-state index in [0.29, 0.717) is 6.61 Å². The predicted molar refractivity (Wildman–Crippen MR) is 54.1 cm³/mol. The highest BCUT2D eigenvalue weighted by Gasteiger charge is 2.15. The molecule has 0 saturated carbocycles. The van der Waals surface area contributed by atoms with Crippen molar-refractivity contribution >= 4 is 5.82 Å². The summed E-state index contributed by atoms with van der Waals surface area (Å²) in [7, 11) is 5.32. The molecule has 1 unspecified atom stereocenters. The molecule has 5 nitrogen and oxygen atoms in total. The molecule has 1 N–H and O–H groups in total. The zero-order valence-electron chi connectivity index (χ0n) is 9.07. The van der Waals surface area contributed by atoms with Crippen LogP contribution < -0.4 is 5.32 Å². The van der Waals surface area contributed by atoms with Gasteiger partial charge in [-0.25, -0.2) is 0 Å².